The van der Waals surface area contributed by atoms with E-state index in [1.165, 1.54) is 0 Å². The van der Waals surface area contributed by atoms with Gasteiger partial charge in [0.1, 0.15) is 0 Å². The maximum atomic E-state index is 11.2. The minimum absolute atomic E-state index is 0. The molecule has 4 nitrogen and oxygen atoms in total. The fourth-order valence-corrected chi connectivity index (χ4v) is 0.175. The van der Waals surface area contributed by atoms with Gasteiger partial charge in [-0.05, 0) is 0 Å². The Balaban J connectivity index is 0. The summed E-state index contributed by atoms with van der Waals surface area (Å²) in [5.74, 6) is 0. The van der Waals surface area contributed by atoms with E-state index >= 15 is 0 Å². The zero-order valence-corrected chi connectivity index (χ0v) is 8.10. The molecule has 1 radical (unpaired) electrons. The van der Waals surface area contributed by atoms with Crippen molar-refractivity contribution in [2.45, 2.75) is 0 Å². The van der Waals surface area contributed by atoms with Crippen molar-refractivity contribution in [3.05, 3.63) is 6.54 Å². The Morgan fingerprint density at radius 3 is 2.40 bits per heavy atom. The number of amides is 1. The minimum Gasteiger partial charge on any atom is -0.455 e. The van der Waals surface area contributed by atoms with Crippen LogP contribution >= 0.6 is 0 Å². The molecule has 0 aliphatic heterocycles. The normalized spacial score (nSPS) is 7.00. The van der Waals surface area contributed by atoms with E-state index in [0.717, 1.165) is 7.11 Å². The summed E-state index contributed by atoms with van der Waals surface area (Å²) in [5.41, 5.74) is 0. The van der Waals surface area contributed by atoms with Gasteiger partial charge in [0, 0.05) is 32.7 Å². The fourth-order valence-electron chi connectivity index (χ4n) is 0.175. The predicted octanol–water partition coefficient (Wildman–Crippen LogP) is -0.00221. The molecule has 0 heterocycles. The Hall–Kier alpha value is -0.156. The molecule has 0 fully saturated rings. The molecule has 1 amide bonds. The largest absolute Gasteiger partial charge is 0.455 e. The molecule has 0 aliphatic carbocycles. The van der Waals surface area contributed by atoms with Crippen LogP contribution in [-0.4, -0.2) is 19.2 Å². The van der Waals surface area contributed by atoms with Crippen LogP contribution in [0.3, 0.4) is 0 Å². The van der Waals surface area contributed by atoms with E-state index in [4.69, 9.17) is 0 Å². The van der Waals surface area contributed by atoms with Crippen molar-refractivity contribution in [2.75, 3.05) is 7.11 Å². The molecule has 0 unspecified atom stereocenters. The second kappa shape index (κ2) is 6.96. The van der Waals surface area contributed by atoms with Crippen LogP contribution in [0.4, 0.5) is 9.18 Å². The van der Waals surface area contributed by atoms with Gasteiger partial charge in [-0.2, -0.15) is 4.39 Å². The van der Waals surface area contributed by atoms with Gasteiger partial charge in [-0.25, -0.2) is 11.3 Å². The standard InChI is InChI=1S/C4H5FNO3.Y/c1-9-4(8)6-2-3(5)7;/h2H,1H3,(H,6,8);/q-1;. The van der Waals surface area contributed by atoms with E-state index < -0.39 is 12.1 Å². The summed E-state index contributed by atoms with van der Waals surface area (Å²) in [7, 11) is 1.10. The molecule has 0 saturated carbocycles. The number of carbonyl (C=O) groups is 2. The number of methoxy groups -OCH3 is 1. The first-order valence-corrected chi connectivity index (χ1v) is 2.04. The summed E-state index contributed by atoms with van der Waals surface area (Å²) in [6.07, 6.45) is -0.874. The van der Waals surface area contributed by atoms with E-state index in [9.17, 15) is 14.0 Å². The van der Waals surface area contributed by atoms with Gasteiger partial charge in [-0.3, -0.25) is 4.79 Å². The van der Waals surface area contributed by atoms with Gasteiger partial charge >= 0.3 is 6.09 Å². The fraction of sp³-hybridized carbons (Fsp3) is 0.250. The third kappa shape index (κ3) is 7.84. The van der Waals surface area contributed by atoms with Crippen molar-refractivity contribution >= 4 is 12.1 Å². The van der Waals surface area contributed by atoms with Crippen LogP contribution < -0.4 is 5.32 Å². The summed E-state index contributed by atoms with van der Waals surface area (Å²) in [6, 6.07) is -1.72. The Morgan fingerprint density at radius 2 is 2.10 bits per heavy atom. The minimum atomic E-state index is -1.72. The molecule has 0 aliphatic rings. The number of nitrogens with one attached hydrogen (secondary N) is 1. The van der Waals surface area contributed by atoms with Crippen molar-refractivity contribution in [3.63, 3.8) is 0 Å². The first kappa shape index (κ1) is 12.5. The molecule has 0 aromatic heterocycles. The Morgan fingerprint density at radius 1 is 1.60 bits per heavy atom. The molecule has 10 heavy (non-hydrogen) atoms. The first-order valence-electron chi connectivity index (χ1n) is 2.04. The Kier molecular flexibility index (Phi) is 8.71. The number of hydrogen-bond acceptors (Lipinski definition) is 3. The molecule has 0 spiro atoms. The molecule has 55 valence electrons. The van der Waals surface area contributed by atoms with Gasteiger partial charge in [0.15, 0.2) is 6.04 Å². The quantitative estimate of drug-likeness (QED) is 0.529. The van der Waals surface area contributed by atoms with Gasteiger partial charge in [0.25, 0.3) is 0 Å². The van der Waals surface area contributed by atoms with E-state index in [-0.39, 0.29) is 32.7 Å². The maximum absolute atomic E-state index is 11.2. The van der Waals surface area contributed by atoms with Crippen molar-refractivity contribution in [2.24, 2.45) is 0 Å². The zero-order valence-electron chi connectivity index (χ0n) is 5.26. The summed E-state index contributed by atoms with van der Waals surface area (Å²) >= 11 is 0. The van der Waals surface area contributed by atoms with Crippen LogP contribution in [0.2, 0.25) is 0 Å². The first-order chi connectivity index (χ1) is 4.16. The Bertz CT molecular complexity index is 130. The van der Waals surface area contributed by atoms with E-state index in [0.29, 0.717) is 6.54 Å². The van der Waals surface area contributed by atoms with Gasteiger partial charge in [-0.1, -0.05) is 0 Å². The van der Waals surface area contributed by atoms with Crippen LogP contribution in [0.1, 0.15) is 0 Å². The van der Waals surface area contributed by atoms with Gasteiger partial charge in [0.05, 0.1) is 7.11 Å². The molecular weight excluding hydrogens is 218 g/mol. The summed E-state index contributed by atoms with van der Waals surface area (Å²) in [5, 5.41) is 1.72. The number of halogens is 1. The Labute approximate surface area is 82.4 Å². The van der Waals surface area contributed by atoms with Gasteiger partial charge in [0.2, 0.25) is 0 Å². The van der Waals surface area contributed by atoms with Crippen LogP contribution in [0.5, 0.6) is 0 Å². The topological polar surface area (TPSA) is 55.4 Å². The van der Waals surface area contributed by atoms with Crippen LogP contribution in [0, 0.1) is 6.54 Å². The van der Waals surface area contributed by atoms with Crippen LogP contribution in [0.25, 0.3) is 0 Å². The molecule has 1 N–H and O–H groups in total. The molecule has 0 rings (SSSR count). The van der Waals surface area contributed by atoms with Crippen molar-refractivity contribution in [3.8, 4) is 0 Å². The molecule has 0 atom stereocenters. The van der Waals surface area contributed by atoms with Crippen molar-refractivity contribution in [1.29, 1.82) is 0 Å². The van der Waals surface area contributed by atoms with Crippen molar-refractivity contribution < 1.29 is 51.4 Å². The number of carbonyl (C=O) groups excluding carboxylic acids is 2. The number of rotatable bonds is 2. The third-order valence-electron chi connectivity index (χ3n) is 0.489. The van der Waals surface area contributed by atoms with Gasteiger partial charge < -0.3 is 10.1 Å². The smallest absolute Gasteiger partial charge is 0.380 e. The number of hydrogen-bond donors (Lipinski definition) is 1. The summed E-state index contributed by atoms with van der Waals surface area (Å²) < 4.78 is 15.2. The molecule has 0 aromatic rings. The van der Waals surface area contributed by atoms with E-state index in [2.05, 4.69) is 4.74 Å². The van der Waals surface area contributed by atoms with E-state index in [1.807, 2.05) is 0 Å². The summed E-state index contributed by atoms with van der Waals surface area (Å²) in [4.78, 5) is 19.5. The predicted molar refractivity (Wildman–Crippen MR) is 26.0 cm³/mol. The second-order valence-corrected chi connectivity index (χ2v) is 1.08. The monoisotopic (exact) mass is 223 g/mol. The number of alkyl carbamates (subject to hydrolysis) is 1. The maximum Gasteiger partial charge on any atom is 0.380 e. The van der Waals surface area contributed by atoms with Crippen LogP contribution in [-0.2, 0) is 42.2 Å². The van der Waals surface area contributed by atoms with Gasteiger partial charge in [-0.15, -0.1) is 0 Å². The van der Waals surface area contributed by atoms with Crippen LogP contribution in [0.15, 0.2) is 0 Å². The van der Waals surface area contributed by atoms with E-state index in [1.54, 1.807) is 5.32 Å². The van der Waals surface area contributed by atoms with Crippen molar-refractivity contribution in [1.82, 2.24) is 5.32 Å². The third-order valence-corrected chi connectivity index (χ3v) is 0.489. The zero-order chi connectivity index (χ0) is 7.28. The number of ether oxygens (including phenoxy) is 1. The molecule has 6 heteroatoms. The molecule has 0 aromatic carbocycles. The average molecular weight is 223 g/mol. The molecule has 0 saturated heterocycles. The molecular formula is C4H5FNO3Y-. The SMILES string of the molecule is COC(=O)N[CH-]C(=O)F.[Y]. The summed E-state index contributed by atoms with van der Waals surface area (Å²) in [6.45, 7) is 0.367. The molecule has 0 bridgehead atoms. The second-order valence-electron chi connectivity index (χ2n) is 1.08. The average Bonchev–Trinajstić information content (AvgIpc) is 1.83.